The molecule has 1 aromatic carbocycles. The minimum atomic E-state index is 0.696. The predicted molar refractivity (Wildman–Crippen MR) is 93.1 cm³/mol. The molecule has 1 aliphatic rings. The van der Waals surface area contributed by atoms with Crippen LogP contribution in [0.3, 0.4) is 0 Å². The summed E-state index contributed by atoms with van der Waals surface area (Å²) in [5.41, 5.74) is 1.27. The number of thiophene rings is 1. The fourth-order valence-corrected chi connectivity index (χ4v) is 4.58. The quantitative estimate of drug-likeness (QED) is 0.635. The second kappa shape index (κ2) is 6.02. The maximum atomic E-state index is 5.77. The Kier molecular flexibility index (Phi) is 3.87. The van der Waals surface area contributed by atoms with E-state index in [9.17, 15) is 0 Å². The third kappa shape index (κ3) is 2.77. The van der Waals surface area contributed by atoms with E-state index < -0.39 is 0 Å². The van der Waals surface area contributed by atoms with E-state index in [-0.39, 0.29) is 0 Å². The van der Waals surface area contributed by atoms with Crippen molar-refractivity contribution < 1.29 is 9.47 Å². The van der Waals surface area contributed by atoms with Gasteiger partial charge in [-0.05, 0) is 37.6 Å². The second-order valence-corrected chi connectivity index (χ2v) is 7.67. The topological polar surface area (TPSA) is 44.2 Å². The lowest BCUT2D eigenvalue weighted by Gasteiger charge is -2.09. The first-order valence-corrected chi connectivity index (χ1v) is 9.14. The number of ether oxygens (including phenoxy) is 2. The van der Waals surface area contributed by atoms with Crippen molar-refractivity contribution in [3.8, 4) is 11.5 Å². The van der Waals surface area contributed by atoms with Crippen LogP contribution in [0.5, 0.6) is 11.5 Å². The zero-order valence-electron chi connectivity index (χ0n) is 13.0. The molecule has 0 N–H and O–H groups in total. The van der Waals surface area contributed by atoms with E-state index in [4.69, 9.17) is 9.47 Å². The van der Waals surface area contributed by atoms with Crippen molar-refractivity contribution in [2.75, 3.05) is 13.2 Å². The maximum absolute atomic E-state index is 5.77. The van der Waals surface area contributed by atoms with Crippen LogP contribution >= 0.6 is 23.1 Å². The molecule has 0 saturated carbocycles. The Bertz CT molecular complexity index is 876. The molecule has 4 rings (SSSR count). The van der Waals surface area contributed by atoms with Crippen molar-refractivity contribution in [3.05, 3.63) is 35.0 Å². The van der Waals surface area contributed by atoms with Crippen LogP contribution in [0.15, 0.2) is 34.4 Å². The summed E-state index contributed by atoms with van der Waals surface area (Å²) < 4.78 is 11.5. The number of hydrogen-bond acceptors (Lipinski definition) is 6. The van der Waals surface area contributed by atoms with Gasteiger partial charge in [-0.3, -0.25) is 0 Å². The van der Waals surface area contributed by atoms with Gasteiger partial charge in [0.2, 0.25) is 0 Å². The van der Waals surface area contributed by atoms with Gasteiger partial charge in [-0.1, -0.05) is 11.8 Å². The SMILES string of the molecule is Cc1sc2ncnc(Sc3ccc4c(c3)OCCCO4)c2c1C. The lowest BCUT2D eigenvalue weighted by molar-refractivity contribution is 0.297. The van der Waals surface area contributed by atoms with E-state index in [1.54, 1.807) is 29.4 Å². The average molecular weight is 344 g/mol. The van der Waals surface area contributed by atoms with Crippen LogP contribution in [0.2, 0.25) is 0 Å². The molecule has 2 aromatic heterocycles. The predicted octanol–water partition coefficient (Wildman–Crippen LogP) is 4.62. The molecule has 118 valence electrons. The van der Waals surface area contributed by atoms with E-state index in [2.05, 4.69) is 29.9 Å². The smallest absolute Gasteiger partial charge is 0.162 e. The third-order valence-electron chi connectivity index (χ3n) is 3.86. The van der Waals surface area contributed by atoms with Crippen LogP contribution in [0.1, 0.15) is 16.9 Å². The lowest BCUT2D eigenvalue weighted by atomic mass is 10.2. The van der Waals surface area contributed by atoms with Gasteiger partial charge in [0, 0.05) is 21.6 Å². The van der Waals surface area contributed by atoms with Gasteiger partial charge in [-0.25, -0.2) is 9.97 Å². The molecule has 1 aliphatic heterocycles. The molecule has 0 bridgehead atoms. The molecule has 0 radical (unpaired) electrons. The fraction of sp³-hybridized carbons (Fsp3) is 0.294. The van der Waals surface area contributed by atoms with Gasteiger partial charge >= 0.3 is 0 Å². The molecule has 0 saturated heterocycles. The van der Waals surface area contributed by atoms with Crippen LogP contribution in [0, 0.1) is 13.8 Å². The Morgan fingerprint density at radius 1 is 1.09 bits per heavy atom. The first kappa shape index (κ1) is 14.8. The molecular weight excluding hydrogens is 328 g/mol. The molecule has 23 heavy (non-hydrogen) atoms. The Balaban J connectivity index is 1.72. The van der Waals surface area contributed by atoms with Gasteiger partial charge in [0.15, 0.2) is 11.5 Å². The van der Waals surface area contributed by atoms with Gasteiger partial charge in [-0.2, -0.15) is 0 Å². The number of fused-ring (bicyclic) bond motifs is 2. The number of benzene rings is 1. The summed E-state index contributed by atoms with van der Waals surface area (Å²) in [6, 6.07) is 6.07. The summed E-state index contributed by atoms with van der Waals surface area (Å²) in [6.07, 6.45) is 2.56. The van der Waals surface area contributed by atoms with Crippen molar-refractivity contribution >= 4 is 33.3 Å². The summed E-state index contributed by atoms with van der Waals surface area (Å²) in [5.74, 6) is 1.64. The Morgan fingerprint density at radius 2 is 1.91 bits per heavy atom. The number of aromatic nitrogens is 2. The van der Waals surface area contributed by atoms with E-state index in [1.165, 1.54) is 10.4 Å². The highest BCUT2D eigenvalue weighted by Crippen LogP contribution is 2.40. The molecule has 3 aromatic rings. The van der Waals surface area contributed by atoms with Crippen molar-refractivity contribution in [2.24, 2.45) is 0 Å². The third-order valence-corrected chi connectivity index (χ3v) is 5.97. The van der Waals surface area contributed by atoms with Gasteiger partial charge in [0.25, 0.3) is 0 Å². The van der Waals surface area contributed by atoms with Crippen LogP contribution < -0.4 is 9.47 Å². The summed E-state index contributed by atoms with van der Waals surface area (Å²) in [4.78, 5) is 12.3. The zero-order valence-corrected chi connectivity index (χ0v) is 14.6. The highest BCUT2D eigenvalue weighted by molar-refractivity contribution is 7.99. The number of rotatable bonds is 2. The lowest BCUT2D eigenvalue weighted by Crippen LogP contribution is -1.97. The first-order chi connectivity index (χ1) is 11.2. The van der Waals surface area contributed by atoms with Gasteiger partial charge in [0.1, 0.15) is 16.2 Å². The fourth-order valence-electron chi connectivity index (χ4n) is 2.55. The number of nitrogens with zero attached hydrogens (tertiary/aromatic N) is 2. The standard InChI is InChI=1S/C17H16N2O2S2/c1-10-11(2)22-16-15(10)17(19-9-18-16)23-12-4-5-13-14(8-12)21-7-3-6-20-13/h4-5,8-9H,3,6-7H2,1-2H3. The zero-order chi connectivity index (χ0) is 15.8. The molecule has 0 spiro atoms. The number of aryl methyl sites for hydroxylation is 2. The number of hydrogen-bond donors (Lipinski definition) is 0. The van der Waals surface area contributed by atoms with E-state index >= 15 is 0 Å². The molecular formula is C17H16N2O2S2. The molecule has 0 amide bonds. The van der Waals surface area contributed by atoms with E-state index in [0.29, 0.717) is 13.2 Å². The van der Waals surface area contributed by atoms with Crippen LogP contribution in [0.4, 0.5) is 0 Å². The van der Waals surface area contributed by atoms with Crippen molar-refractivity contribution in [2.45, 2.75) is 30.2 Å². The molecule has 0 fully saturated rings. The molecule has 0 atom stereocenters. The summed E-state index contributed by atoms with van der Waals surface area (Å²) in [7, 11) is 0. The van der Waals surface area contributed by atoms with Gasteiger partial charge in [-0.15, -0.1) is 11.3 Å². The largest absolute Gasteiger partial charge is 0.490 e. The average Bonchev–Trinajstić information content (AvgIpc) is 2.73. The molecule has 6 heteroatoms. The molecule has 4 nitrogen and oxygen atoms in total. The molecule has 0 unspecified atom stereocenters. The van der Waals surface area contributed by atoms with Gasteiger partial charge < -0.3 is 9.47 Å². The first-order valence-electron chi connectivity index (χ1n) is 7.50. The minimum Gasteiger partial charge on any atom is -0.490 e. The highest BCUT2D eigenvalue weighted by Gasteiger charge is 2.15. The van der Waals surface area contributed by atoms with Crippen LogP contribution in [-0.2, 0) is 0 Å². The van der Waals surface area contributed by atoms with Crippen LogP contribution in [0.25, 0.3) is 10.2 Å². The van der Waals surface area contributed by atoms with Crippen molar-refractivity contribution in [3.63, 3.8) is 0 Å². The highest BCUT2D eigenvalue weighted by atomic mass is 32.2. The molecule has 0 aliphatic carbocycles. The Labute approximate surface area is 142 Å². The summed E-state index contributed by atoms with van der Waals surface area (Å²) in [6.45, 7) is 5.67. The van der Waals surface area contributed by atoms with Crippen molar-refractivity contribution in [1.29, 1.82) is 0 Å². The normalized spacial score (nSPS) is 14.0. The molecule has 3 heterocycles. The monoisotopic (exact) mass is 344 g/mol. The maximum Gasteiger partial charge on any atom is 0.162 e. The van der Waals surface area contributed by atoms with E-state index in [0.717, 1.165) is 38.1 Å². The Morgan fingerprint density at radius 3 is 2.78 bits per heavy atom. The van der Waals surface area contributed by atoms with Gasteiger partial charge in [0.05, 0.1) is 13.2 Å². The summed E-state index contributed by atoms with van der Waals surface area (Å²) >= 11 is 3.36. The van der Waals surface area contributed by atoms with E-state index in [1.807, 2.05) is 12.1 Å². The van der Waals surface area contributed by atoms with Crippen LogP contribution in [-0.4, -0.2) is 23.2 Å². The second-order valence-electron chi connectivity index (χ2n) is 5.40. The Hall–Kier alpha value is -1.79. The van der Waals surface area contributed by atoms with Crippen molar-refractivity contribution in [1.82, 2.24) is 9.97 Å². The minimum absolute atomic E-state index is 0.696. The summed E-state index contributed by atoms with van der Waals surface area (Å²) in [5, 5.41) is 2.15.